The van der Waals surface area contributed by atoms with Crippen molar-refractivity contribution in [3.63, 3.8) is 0 Å². The zero-order valence-electron chi connectivity index (χ0n) is 11.9. The number of hydrogen-bond donors (Lipinski definition) is 0. The van der Waals surface area contributed by atoms with E-state index in [1.807, 2.05) is 24.4 Å². The molecule has 104 valence electrons. The molecule has 0 aliphatic carbocycles. The SMILES string of the molecule is COc1cc2c(cc1OC)-c1c(C(C)=O)ccn1CC2. The summed E-state index contributed by atoms with van der Waals surface area (Å²) in [6, 6.07) is 5.86. The van der Waals surface area contributed by atoms with Gasteiger partial charge in [0.1, 0.15) is 0 Å². The van der Waals surface area contributed by atoms with Gasteiger partial charge in [-0.1, -0.05) is 0 Å². The molecule has 1 aromatic carbocycles. The summed E-state index contributed by atoms with van der Waals surface area (Å²) in [5.41, 5.74) is 4.00. The van der Waals surface area contributed by atoms with Gasteiger partial charge in [0.25, 0.3) is 0 Å². The molecule has 0 saturated heterocycles. The molecule has 1 aromatic heterocycles. The van der Waals surface area contributed by atoms with Gasteiger partial charge in [-0.25, -0.2) is 0 Å². The van der Waals surface area contributed by atoms with Crippen LogP contribution in [-0.2, 0) is 13.0 Å². The van der Waals surface area contributed by atoms with E-state index in [2.05, 4.69) is 4.57 Å². The van der Waals surface area contributed by atoms with E-state index < -0.39 is 0 Å². The number of benzene rings is 1. The maximum Gasteiger partial charge on any atom is 0.161 e. The molecule has 0 radical (unpaired) electrons. The molecule has 1 aliphatic rings. The van der Waals surface area contributed by atoms with Crippen LogP contribution in [0.25, 0.3) is 11.3 Å². The van der Waals surface area contributed by atoms with Crippen LogP contribution in [0.15, 0.2) is 24.4 Å². The monoisotopic (exact) mass is 271 g/mol. The van der Waals surface area contributed by atoms with Crippen LogP contribution in [-0.4, -0.2) is 24.6 Å². The number of fused-ring (bicyclic) bond motifs is 3. The lowest BCUT2D eigenvalue weighted by molar-refractivity contribution is 0.101. The van der Waals surface area contributed by atoms with E-state index in [4.69, 9.17) is 9.47 Å². The zero-order chi connectivity index (χ0) is 14.3. The van der Waals surface area contributed by atoms with Crippen molar-refractivity contribution in [3.8, 4) is 22.8 Å². The van der Waals surface area contributed by atoms with E-state index >= 15 is 0 Å². The van der Waals surface area contributed by atoms with Crippen LogP contribution in [0.1, 0.15) is 22.8 Å². The molecular weight excluding hydrogens is 254 g/mol. The Morgan fingerprint density at radius 1 is 1.20 bits per heavy atom. The van der Waals surface area contributed by atoms with E-state index in [0.29, 0.717) is 5.75 Å². The quantitative estimate of drug-likeness (QED) is 0.806. The van der Waals surface area contributed by atoms with Crippen LogP contribution in [0.5, 0.6) is 11.5 Å². The second kappa shape index (κ2) is 4.71. The highest BCUT2D eigenvalue weighted by Gasteiger charge is 2.23. The van der Waals surface area contributed by atoms with Gasteiger partial charge in [-0.05, 0) is 37.1 Å². The summed E-state index contributed by atoms with van der Waals surface area (Å²) < 4.78 is 12.9. The van der Waals surface area contributed by atoms with Gasteiger partial charge >= 0.3 is 0 Å². The number of aromatic nitrogens is 1. The maximum absolute atomic E-state index is 11.8. The molecule has 4 nitrogen and oxygen atoms in total. The number of ketones is 1. The van der Waals surface area contributed by atoms with Gasteiger partial charge in [0.15, 0.2) is 17.3 Å². The summed E-state index contributed by atoms with van der Waals surface area (Å²) >= 11 is 0. The van der Waals surface area contributed by atoms with Gasteiger partial charge in [0.2, 0.25) is 0 Å². The summed E-state index contributed by atoms with van der Waals surface area (Å²) in [5.74, 6) is 1.51. The van der Waals surface area contributed by atoms with Crippen molar-refractivity contribution in [1.82, 2.24) is 4.57 Å². The number of hydrogen-bond acceptors (Lipinski definition) is 3. The Balaban J connectivity index is 2.25. The summed E-state index contributed by atoms with van der Waals surface area (Å²) in [6.07, 6.45) is 2.90. The molecule has 2 aromatic rings. The van der Waals surface area contributed by atoms with Crippen LogP contribution < -0.4 is 9.47 Å². The minimum atomic E-state index is 0.0846. The van der Waals surface area contributed by atoms with Crippen molar-refractivity contribution in [3.05, 3.63) is 35.5 Å². The van der Waals surface area contributed by atoms with Gasteiger partial charge in [-0.3, -0.25) is 4.79 Å². The van der Waals surface area contributed by atoms with Crippen molar-refractivity contribution < 1.29 is 14.3 Å². The number of Topliss-reactive ketones (excluding diaryl/α,β-unsaturated/α-hetero) is 1. The third kappa shape index (κ3) is 1.80. The largest absolute Gasteiger partial charge is 0.493 e. The molecule has 3 rings (SSSR count). The Kier molecular flexibility index (Phi) is 3.01. The third-order valence-corrected chi connectivity index (χ3v) is 3.83. The highest BCUT2D eigenvalue weighted by Crippen LogP contribution is 2.40. The lowest BCUT2D eigenvalue weighted by atomic mass is 9.94. The molecule has 2 heterocycles. The van der Waals surface area contributed by atoms with Crippen molar-refractivity contribution in [2.24, 2.45) is 0 Å². The lowest BCUT2D eigenvalue weighted by Gasteiger charge is -2.22. The highest BCUT2D eigenvalue weighted by molar-refractivity contribution is 6.01. The highest BCUT2D eigenvalue weighted by atomic mass is 16.5. The fourth-order valence-electron chi connectivity index (χ4n) is 2.83. The normalized spacial score (nSPS) is 12.6. The molecular formula is C16H17NO3. The Labute approximate surface area is 117 Å². The minimum Gasteiger partial charge on any atom is -0.493 e. The summed E-state index contributed by atoms with van der Waals surface area (Å²) in [4.78, 5) is 11.8. The first-order valence-corrected chi connectivity index (χ1v) is 6.61. The predicted octanol–water partition coefficient (Wildman–Crippen LogP) is 2.93. The number of nitrogens with zero attached hydrogens (tertiary/aromatic N) is 1. The predicted molar refractivity (Wildman–Crippen MR) is 76.7 cm³/mol. The smallest absolute Gasteiger partial charge is 0.161 e. The second-order valence-electron chi connectivity index (χ2n) is 4.94. The number of carbonyl (C=O) groups excluding carboxylic acids is 1. The standard InChI is InChI=1S/C16H17NO3/c1-10(18)12-5-7-17-6-4-11-8-14(19-2)15(20-3)9-13(11)16(12)17/h5,7-9H,4,6H2,1-3H3. The average molecular weight is 271 g/mol. The molecule has 0 fully saturated rings. The van der Waals surface area contributed by atoms with Gasteiger partial charge < -0.3 is 14.0 Å². The molecule has 0 atom stereocenters. The molecule has 20 heavy (non-hydrogen) atoms. The Morgan fingerprint density at radius 2 is 1.90 bits per heavy atom. The average Bonchev–Trinajstić information content (AvgIpc) is 2.90. The molecule has 0 unspecified atom stereocenters. The van der Waals surface area contributed by atoms with E-state index in [0.717, 1.165) is 35.5 Å². The minimum absolute atomic E-state index is 0.0846. The van der Waals surface area contributed by atoms with E-state index in [9.17, 15) is 4.79 Å². The molecule has 0 saturated carbocycles. The number of aryl methyl sites for hydroxylation is 2. The number of carbonyl (C=O) groups is 1. The Bertz CT molecular complexity index is 685. The van der Waals surface area contributed by atoms with Crippen molar-refractivity contribution in [2.45, 2.75) is 19.9 Å². The number of rotatable bonds is 3. The van der Waals surface area contributed by atoms with E-state index in [1.54, 1.807) is 21.1 Å². The maximum atomic E-state index is 11.8. The first-order chi connectivity index (χ1) is 9.65. The molecule has 0 bridgehead atoms. The molecule has 1 aliphatic heterocycles. The molecule has 4 heteroatoms. The molecule has 0 amide bonds. The third-order valence-electron chi connectivity index (χ3n) is 3.83. The first-order valence-electron chi connectivity index (χ1n) is 6.61. The Hall–Kier alpha value is -2.23. The van der Waals surface area contributed by atoms with Gasteiger partial charge in [0, 0.05) is 23.9 Å². The number of ether oxygens (including phenoxy) is 2. The lowest BCUT2D eigenvalue weighted by Crippen LogP contribution is -2.12. The first kappa shape index (κ1) is 12.8. The van der Waals surface area contributed by atoms with Crippen LogP contribution >= 0.6 is 0 Å². The van der Waals surface area contributed by atoms with Crippen molar-refractivity contribution in [2.75, 3.05) is 14.2 Å². The zero-order valence-corrected chi connectivity index (χ0v) is 11.9. The van der Waals surface area contributed by atoms with E-state index in [1.165, 1.54) is 5.56 Å². The van der Waals surface area contributed by atoms with Gasteiger partial charge in [-0.15, -0.1) is 0 Å². The van der Waals surface area contributed by atoms with Gasteiger partial charge in [0.05, 0.1) is 19.9 Å². The summed E-state index contributed by atoms with van der Waals surface area (Å²) in [5, 5.41) is 0. The number of methoxy groups -OCH3 is 2. The molecule has 0 N–H and O–H groups in total. The molecule has 0 spiro atoms. The summed E-state index contributed by atoms with van der Waals surface area (Å²) in [7, 11) is 3.26. The van der Waals surface area contributed by atoms with Gasteiger partial charge in [-0.2, -0.15) is 0 Å². The topological polar surface area (TPSA) is 40.5 Å². The Morgan fingerprint density at radius 3 is 2.55 bits per heavy atom. The second-order valence-corrected chi connectivity index (χ2v) is 4.94. The van der Waals surface area contributed by atoms with Crippen LogP contribution in [0, 0.1) is 0 Å². The van der Waals surface area contributed by atoms with Crippen molar-refractivity contribution >= 4 is 5.78 Å². The van der Waals surface area contributed by atoms with Crippen LogP contribution in [0.4, 0.5) is 0 Å². The van der Waals surface area contributed by atoms with E-state index in [-0.39, 0.29) is 5.78 Å². The van der Waals surface area contributed by atoms with Crippen molar-refractivity contribution in [1.29, 1.82) is 0 Å². The van der Waals surface area contributed by atoms with Crippen LogP contribution in [0.2, 0.25) is 0 Å². The fourth-order valence-corrected chi connectivity index (χ4v) is 2.83. The van der Waals surface area contributed by atoms with Crippen LogP contribution in [0.3, 0.4) is 0 Å². The fraction of sp³-hybridized carbons (Fsp3) is 0.312. The summed E-state index contributed by atoms with van der Waals surface area (Å²) in [6.45, 7) is 2.48.